The molecule has 2 N–H and O–H groups in total. The molecule has 1 aromatic heterocycles. The summed E-state index contributed by atoms with van der Waals surface area (Å²) in [5.74, 6) is 1.65. The van der Waals surface area contributed by atoms with Crippen molar-refractivity contribution in [3.8, 4) is 11.3 Å². The standard InChI is InChI=1S/2C14H18O.C13H11NO.C13H16O2.C10H18O5.2CH4.Na.H2O/c2*1-11(15)13-9-5-6-10-14(13)12-7-3-2-4-8-12;1-10(15)12-8-5-9-14-13(12)11-6-3-2-4-7-11;14-13(15)12-9-5-4-8-11(12)10-6-2-1-3-7-10;1-9(2,3)14-7(11)13-8(12)15-10(4,5)6;;;;/h2*2-4,7-8,13-14H,5-6,9-10H2,1H3;2-9H,1H3;1-3,6-7,11-12H,4-5,8-9H2,(H,14,15);1-6H3;2*1H4;;1H2/q;;;;;;;+1;/p-1. The summed E-state index contributed by atoms with van der Waals surface area (Å²) in [4.78, 5) is 72.0. The van der Waals surface area contributed by atoms with Crippen molar-refractivity contribution in [3.63, 3.8) is 0 Å². The van der Waals surface area contributed by atoms with Crippen LogP contribution < -0.4 is 29.6 Å². The monoisotopic (exact) mass is 1100 g/mol. The molecule has 8 rings (SSSR count). The van der Waals surface area contributed by atoms with Gasteiger partial charge in [0, 0.05) is 29.2 Å². The van der Waals surface area contributed by atoms with Gasteiger partial charge in [0.2, 0.25) is 0 Å². The summed E-state index contributed by atoms with van der Waals surface area (Å²) in [5.41, 5.74) is 4.88. The minimum atomic E-state index is -1.06. The Morgan fingerprint density at radius 1 is 0.468 bits per heavy atom. The number of aliphatic carboxylic acids is 1. The molecule has 5 aromatic rings. The molecule has 0 spiro atoms. The van der Waals surface area contributed by atoms with Gasteiger partial charge in [0.1, 0.15) is 22.8 Å². The zero-order valence-electron chi connectivity index (χ0n) is 47.2. The van der Waals surface area contributed by atoms with E-state index in [1.807, 2.05) is 72.8 Å². The molecule has 13 heteroatoms. The van der Waals surface area contributed by atoms with Crippen molar-refractivity contribution >= 4 is 35.6 Å². The van der Waals surface area contributed by atoms with Crippen LogP contribution in [0.5, 0.6) is 0 Å². The maximum Gasteiger partial charge on any atom is 1.00 e. The number of ketones is 3. The fraction of sp³-hybridized carbons (Fsp3) is 0.470. The summed E-state index contributed by atoms with van der Waals surface area (Å²) in [5, 5.41) is 9.17. The molecule has 6 unspecified atom stereocenters. The van der Waals surface area contributed by atoms with Crippen LogP contribution in [-0.2, 0) is 28.6 Å². The van der Waals surface area contributed by atoms with Crippen molar-refractivity contribution in [2.45, 2.75) is 183 Å². The van der Waals surface area contributed by atoms with E-state index in [1.165, 1.54) is 55.2 Å². The fourth-order valence-corrected chi connectivity index (χ4v) is 10.1. The first-order valence-electron chi connectivity index (χ1n) is 26.7. The van der Waals surface area contributed by atoms with Gasteiger partial charge in [-0.25, -0.2) is 9.59 Å². The van der Waals surface area contributed by atoms with Crippen LogP contribution in [0, 0.1) is 17.8 Å². The predicted octanol–water partition coefficient (Wildman–Crippen LogP) is 14.1. The number of ether oxygens (including phenoxy) is 3. The Morgan fingerprint density at radius 3 is 1.10 bits per heavy atom. The van der Waals surface area contributed by atoms with Crippen LogP contribution in [0.2, 0.25) is 0 Å². The number of carboxylic acid groups (broad SMARTS) is 1. The third kappa shape index (κ3) is 26.4. The van der Waals surface area contributed by atoms with E-state index in [0.29, 0.717) is 29.0 Å². The maximum absolute atomic E-state index is 11.6. The minimum Gasteiger partial charge on any atom is -0.870 e. The average molecular weight is 1100 g/mol. The summed E-state index contributed by atoms with van der Waals surface area (Å²) in [6, 6.07) is 44.3. The van der Waals surface area contributed by atoms with Crippen molar-refractivity contribution < 1.29 is 83.1 Å². The van der Waals surface area contributed by atoms with Gasteiger partial charge in [-0.1, -0.05) is 175 Å². The Balaban J connectivity index is 0.000000951. The molecule has 3 fully saturated rings. The molecule has 12 nitrogen and oxygen atoms in total. The number of Topliss-reactive ketones (excluding diaryl/α,β-unsaturated/α-hetero) is 3. The van der Waals surface area contributed by atoms with Gasteiger partial charge in [0.25, 0.3) is 0 Å². The number of pyridine rings is 1. The van der Waals surface area contributed by atoms with E-state index in [0.717, 1.165) is 49.8 Å². The number of carbonyl (C=O) groups excluding carboxylic acids is 5. The second kappa shape index (κ2) is 37.2. The molecule has 6 atom stereocenters. The van der Waals surface area contributed by atoms with Crippen LogP contribution in [0.25, 0.3) is 11.3 Å². The van der Waals surface area contributed by atoms with Gasteiger partial charge in [0.05, 0.1) is 11.6 Å². The Morgan fingerprint density at radius 2 is 0.785 bits per heavy atom. The Labute approximate surface area is 494 Å². The Hall–Kier alpha value is -5.79. The van der Waals surface area contributed by atoms with E-state index in [9.17, 15) is 28.8 Å². The number of hydrogen-bond donors (Lipinski definition) is 1. The third-order valence-electron chi connectivity index (χ3n) is 13.5. The van der Waals surface area contributed by atoms with Crippen LogP contribution >= 0.6 is 0 Å². The van der Waals surface area contributed by atoms with Crippen LogP contribution in [0.1, 0.15) is 199 Å². The van der Waals surface area contributed by atoms with Gasteiger partial charge in [-0.15, -0.1) is 0 Å². The maximum atomic E-state index is 11.6. The first-order valence-corrected chi connectivity index (χ1v) is 26.7. The number of hydrogen-bond acceptors (Lipinski definition) is 11. The van der Waals surface area contributed by atoms with Crippen LogP contribution in [0.3, 0.4) is 0 Å². The molecular formula is C66H90NNaO11. The van der Waals surface area contributed by atoms with Crippen molar-refractivity contribution in [1.82, 2.24) is 4.98 Å². The normalized spacial score (nSPS) is 19.1. The summed E-state index contributed by atoms with van der Waals surface area (Å²) in [6.07, 6.45) is 13.1. The first-order chi connectivity index (χ1) is 35.6. The fourth-order valence-electron chi connectivity index (χ4n) is 10.1. The summed E-state index contributed by atoms with van der Waals surface area (Å²) < 4.78 is 13.8. The molecule has 0 amide bonds. The van der Waals surface area contributed by atoms with Crippen LogP contribution in [0.4, 0.5) is 9.59 Å². The molecule has 0 saturated heterocycles. The Bertz CT molecular complexity index is 2350. The second-order valence-corrected chi connectivity index (χ2v) is 21.6. The summed E-state index contributed by atoms with van der Waals surface area (Å²) in [7, 11) is 0. The topological polar surface area (TPSA) is 193 Å². The summed E-state index contributed by atoms with van der Waals surface area (Å²) >= 11 is 0. The third-order valence-corrected chi connectivity index (χ3v) is 13.5. The van der Waals surface area contributed by atoms with Crippen LogP contribution in [-0.4, -0.2) is 62.4 Å². The van der Waals surface area contributed by atoms with E-state index in [1.54, 1.807) is 80.6 Å². The van der Waals surface area contributed by atoms with Gasteiger partial charge in [-0.3, -0.25) is 24.2 Å². The molecular weight excluding hydrogens is 1010 g/mol. The molecule has 3 aliphatic rings. The number of benzene rings is 4. The zero-order chi connectivity index (χ0) is 55.0. The van der Waals surface area contributed by atoms with Gasteiger partial charge in [-0.05, 0) is 147 Å². The number of rotatable bonds is 8. The molecule has 3 aliphatic carbocycles. The van der Waals surface area contributed by atoms with E-state index in [-0.39, 0.29) is 79.3 Å². The van der Waals surface area contributed by atoms with Crippen LogP contribution in [0.15, 0.2) is 140 Å². The van der Waals surface area contributed by atoms with Crippen molar-refractivity contribution in [1.29, 1.82) is 0 Å². The van der Waals surface area contributed by atoms with Gasteiger partial charge in [0.15, 0.2) is 5.78 Å². The number of carboxylic acids is 1. The zero-order valence-corrected chi connectivity index (χ0v) is 49.2. The van der Waals surface area contributed by atoms with E-state index < -0.39 is 29.5 Å². The van der Waals surface area contributed by atoms with E-state index >= 15 is 0 Å². The molecule has 79 heavy (non-hydrogen) atoms. The van der Waals surface area contributed by atoms with Gasteiger partial charge in [-0.2, -0.15) is 0 Å². The predicted molar refractivity (Wildman–Crippen MR) is 311 cm³/mol. The van der Waals surface area contributed by atoms with E-state index in [4.69, 9.17) is 14.6 Å². The van der Waals surface area contributed by atoms with Gasteiger partial charge >= 0.3 is 47.8 Å². The first kappa shape index (κ1) is 73.2. The molecule has 0 aliphatic heterocycles. The quantitative estimate of drug-likeness (QED) is 0.0670. The molecule has 0 radical (unpaired) electrons. The number of carbonyl (C=O) groups is 6. The van der Waals surface area contributed by atoms with Gasteiger partial charge < -0.3 is 24.8 Å². The molecule has 0 bridgehead atoms. The minimum absolute atomic E-state index is 0. The molecule has 1 heterocycles. The summed E-state index contributed by atoms with van der Waals surface area (Å²) in [6.45, 7) is 15.1. The SMILES string of the molecule is C.C.CC(=O)C1CCCCC1c1ccccc1.CC(=O)C1CCCCC1c1ccccc1.CC(=O)c1cccnc1-c1ccccc1.CC(C)(C)OC(=O)OC(=O)OC(C)(C)C.O=C(O)C1CCCCC1c1ccccc1.[Na+].[OH-]. The molecule has 3 saturated carbocycles. The van der Waals surface area contributed by atoms with Crippen molar-refractivity contribution in [3.05, 3.63) is 162 Å². The van der Waals surface area contributed by atoms with Crippen molar-refractivity contribution in [2.24, 2.45) is 17.8 Å². The largest absolute Gasteiger partial charge is 1.00 e. The smallest absolute Gasteiger partial charge is 0.870 e. The molecule has 426 valence electrons. The van der Waals surface area contributed by atoms with Crippen molar-refractivity contribution in [2.75, 3.05) is 0 Å². The van der Waals surface area contributed by atoms with E-state index in [2.05, 4.69) is 58.3 Å². The number of nitrogens with zero attached hydrogens (tertiary/aromatic N) is 1. The number of aromatic nitrogens is 1. The average Bonchev–Trinajstić information content (AvgIpc) is 3.39. The second-order valence-electron chi connectivity index (χ2n) is 21.6. The molecule has 4 aromatic carbocycles. The Kier molecular flexibility index (Phi) is 34.5.